The van der Waals surface area contributed by atoms with E-state index in [2.05, 4.69) is 5.10 Å². The maximum Gasteiger partial charge on any atom is 0.350 e. The van der Waals surface area contributed by atoms with Gasteiger partial charge < -0.3 is 15.2 Å². The minimum Gasteiger partial charge on any atom is -0.391 e. The summed E-state index contributed by atoms with van der Waals surface area (Å²) < 4.78 is 1.12. The molecule has 0 aliphatic heterocycles. The Bertz CT molecular complexity index is 281. The highest BCUT2D eigenvalue weighted by molar-refractivity contribution is 5.29. The molecule has 1 heterocycles. The fraction of sp³-hybridized carbons (Fsp3) is 0.400. The average molecular weight is 157 g/mol. The lowest BCUT2D eigenvalue weighted by molar-refractivity contribution is -0.393. The summed E-state index contributed by atoms with van der Waals surface area (Å²) in [6, 6.07) is 0. The van der Waals surface area contributed by atoms with Crippen LogP contribution in [0.2, 0.25) is 0 Å². The van der Waals surface area contributed by atoms with Gasteiger partial charge in [-0.1, -0.05) is 5.10 Å². The second kappa shape index (κ2) is 2.67. The van der Waals surface area contributed by atoms with E-state index in [9.17, 15) is 10.1 Å². The third-order valence-corrected chi connectivity index (χ3v) is 1.32. The fourth-order valence-corrected chi connectivity index (χ4v) is 0.824. The number of hydrogen-bond donors (Lipinski definition) is 1. The monoisotopic (exact) mass is 157 g/mol. The predicted octanol–water partition coefficient (Wildman–Crippen LogP) is -0.179. The molecule has 1 aromatic heterocycles. The van der Waals surface area contributed by atoms with Crippen molar-refractivity contribution in [2.75, 3.05) is 0 Å². The maximum absolute atomic E-state index is 10.3. The molecule has 0 bridgehead atoms. The summed E-state index contributed by atoms with van der Waals surface area (Å²) in [5.41, 5.74) is 0.234. The van der Waals surface area contributed by atoms with Crippen molar-refractivity contribution in [1.29, 1.82) is 0 Å². The van der Waals surface area contributed by atoms with Crippen molar-refractivity contribution in [2.45, 2.75) is 6.61 Å². The van der Waals surface area contributed by atoms with Crippen LogP contribution in [0.3, 0.4) is 0 Å². The lowest BCUT2D eigenvalue weighted by Crippen LogP contribution is -2.00. The second-order valence-corrected chi connectivity index (χ2v) is 2.03. The van der Waals surface area contributed by atoms with Gasteiger partial charge in [0.15, 0.2) is 0 Å². The van der Waals surface area contributed by atoms with Crippen LogP contribution in [0, 0.1) is 10.1 Å². The highest BCUT2D eigenvalue weighted by atomic mass is 16.6. The van der Waals surface area contributed by atoms with Crippen molar-refractivity contribution in [3.8, 4) is 0 Å². The van der Waals surface area contributed by atoms with Crippen molar-refractivity contribution >= 4 is 5.82 Å². The summed E-state index contributed by atoms with van der Waals surface area (Å²) in [6.07, 6.45) is 1.28. The molecular formula is C5H7N3O3. The van der Waals surface area contributed by atoms with Gasteiger partial charge in [-0.25, -0.2) is 0 Å². The van der Waals surface area contributed by atoms with E-state index in [1.165, 1.54) is 13.2 Å². The third kappa shape index (κ3) is 1.20. The van der Waals surface area contributed by atoms with Crippen LogP contribution in [0.15, 0.2) is 6.20 Å². The van der Waals surface area contributed by atoms with Gasteiger partial charge in [0.25, 0.3) is 0 Å². The van der Waals surface area contributed by atoms with Gasteiger partial charge in [-0.3, -0.25) is 0 Å². The fourth-order valence-electron chi connectivity index (χ4n) is 0.824. The van der Waals surface area contributed by atoms with Gasteiger partial charge in [-0.2, -0.15) is 0 Å². The SMILES string of the molecule is Cn1ncc(CO)c1[N+](=O)[O-]. The number of nitro groups is 1. The number of aliphatic hydroxyl groups is 1. The van der Waals surface area contributed by atoms with Gasteiger partial charge >= 0.3 is 5.82 Å². The quantitative estimate of drug-likeness (QED) is 0.477. The van der Waals surface area contributed by atoms with E-state index >= 15 is 0 Å². The van der Waals surface area contributed by atoms with E-state index in [1.54, 1.807) is 0 Å². The molecular weight excluding hydrogens is 150 g/mol. The van der Waals surface area contributed by atoms with Crippen LogP contribution in [-0.4, -0.2) is 19.8 Å². The molecule has 1 aromatic rings. The lowest BCUT2D eigenvalue weighted by atomic mass is 10.3. The van der Waals surface area contributed by atoms with Crippen molar-refractivity contribution in [3.05, 3.63) is 21.9 Å². The van der Waals surface area contributed by atoms with Crippen molar-refractivity contribution in [2.24, 2.45) is 7.05 Å². The Morgan fingerprint density at radius 2 is 2.55 bits per heavy atom. The van der Waals surface area contributed by atoms with E-state index in [1.807, 2.05) is 0 Å². The van der Waals surface area contributed by atoms with E-state index in [-0.39, 0.29) is 18.0 Å². The molecule has 0 amide bonds. The number of aromatic nitrogens is 2. The molecule has 0 fully saturated rings. The Morgan fingerprint density at radius 1 is 1.91 bits per heavy atom. The molecule has 0 unspecified atom stereocenters. The van der Waals surface area contributed by atoms with E-state index in [4.69, 9.17) is 5.11 Å². The Hall–Kier alpha value is -1.43. The van der Waals surface area contributed by atoms with Crippen molar-refractivity contribution in [3.63, 3.8) is 0 Å². The molecule has 0 aromatic carbocycles. The summed E-state index contributed by atoms with van der Waals surface area (Å²) in [7, 11) is 1.46. The molecule has 0 saturated heterocycles. The average Bonchev–Trinajstić information content (AvgIpc) is 2.30. The van der Waals surface area contributed by atoms with Gasteiger partial charge in [-0.05, 0) is 4.92 Å². The zero-order valence-corrected chi connectivity index (χ0v) is 5.89. The maximum atomic E-state index is 10.3. The molecule has 6 heteroatoms. The minimum absolute atomic E-state index is 0.160. The second-order valence-electron chi connectivity index (χ2n) is 2.03. The molecule has 11 heavy (non-hydrogen) atoms. The van der Waals surface area contributed by atoms with Gasteiger partial charge in [0, 0.05) is 0 Å². The third-order valence-electron chi connectivity index (χ3n) is 1.32. The van der Waals surface area contributed by atoms with Crippen LogP contribution in [0.5, 0.6) is 0 Å². The normalized spacial score (nSPS) is 10.0. The molecule has 6 nitrogen and oxygen atoms in total. The van der Waals surface area contributed by atoms with Gasteiger partial charge in [0.1, 0.15) is 7.05 Å². The Labute approximate surface area is 62.2 Å². The zero-order chi connectivity index (χ0) is 8.43. The number of aryl methyl sites for hydroxylation is 1. The van der Waals surface area contributed by atoms with Gasteiger partial charge in [-0.15, -0.1) is 4.68 Å². The standard InChI is InChI=1S/C5H7N3O3/c1-7-5(8(10)11)4(3-9)2-6-7/h2,9H,3H2,1H3. The Kier molecular flexibility index (Phi) is 1.86. The molecule has 0 atom stereocenters. The first-order valence-corrected chi connectivity index (χ1v) is 2.93. The molecule has 60 valence electrons. The predicted molar refractivity (Wildman–Crippen MR) is 35.8 cm³/mol. The van der Waals surface area contributed by atoms with Crippen molar-refractivity contribution < 1.29 is 10.0 Å². The largest absolute Gasteiger partial charge is 0.391 e. The van der Waals surface area contributed by atoms with Crippen molar-refractivity contribution in [1.82, 2.24) is 9.78 Å². The minimum atomic E-state index is -0.571. The highest BCUT2D eigenvalue weighted by Gasteiger charge is 2.17. The highest BCUT2D eigenvalue weighted by Crippen LogP contribution is 2.15. The molecule has 0 saturated carbocycles. The smallest absolute Gasteiger partial charge is 0.350 e. The van der Waals surface area contributed by atoms with E-state index in [0.29, 0.717) is 0 Å². The molecule has 0 aliphatic rings. The molecule has 1 N–H and O–H groups in total. The first-order valence-electron chi connectivity index (χ1n) is 2.93. The lowest BCUT2D eigenvalue weighted by Gasteiger charge is -1.94. The van der Waals surface area contributed by atoms with Crippen LogP contribution in [0.4, 0.5) is 5.82 Å². The van der Waals surface area contributed by atoms with Crippen LogP contribution in [-0.2, 0) is 13.7 Å². The first kappa shape index (κ1) is 7.67. The number of rotatable bonds is 2. The topological polar surface area (TPSA) is 81.2 Å². The summed E-state index contributed by atoms with van der Waals surface area (Å²) in [5, 5.41) is 22.5. The number of aliphatic hydroxyl groups excluding tert-OH is 1. The molecule has 0 aliphatic carbocycles. The van der Waals surface area contributed by atoms with Crippen LogP contribution < -0.4 is 0 Å². The number of hydrogen-bond acceptors (Lipinski definition) is 4. The van der Waals surface area contributed by atoms with Crippen LogP contribution in [0.25, 0.3) is 0 Å². The van der Waals surface area contributed by atoms with Gasteiger partial charge in [0.05, 0.1) is 18.4 Å². The van der Waals surface area contributed by atoms with E-state index < -0.39 is 4.92 Å². The number of nitrogens with zero attached hydrogens (tertiary/aromatic N) is 3. The van der Waals surface area contributed by atoms with Gasteiger partial charge in [0.2, 0.25) is 0 Å². The molecule has 0 radical (unpaired) electrons. The first-order chi connectivity index (χ1) is 5.16. The summed E-state index contributed by atoms with van der Waals surface area (Å²) in [5.74, 6) is -0.160. The Morgan fingerprint density at radius 3 is 2.91 bits per heavy atom. The molecule has 0 spiro atoms. The molecule has 1 rings (SSSR count). The van der Waals surface area contributed by atoms with Crippen LogP contribution >= 0.6 is 0 Å². The summed E-state index contributed by atoms with van der Waals surface area (Å²) in [4.78, 5) is 9.73. The Balaban J connectivity index is 3.17. The zero-order valence-electron chi connectivity index (χ0n) is 5.89. The van der Waals surface area contributed by atoms with E-state index in [0.717, 1.165) is 4.68 Å². The summed E-state index contributed by atoms with van der Waals surface area (Å²) in [6.45, 7) is -0.357. The summed E-state index contributed by atoms with van der Waals surface area (Å²) >= 11 is 0. The van der Waals surface area contributed by atoms with Crippen LogP contribution in [0.1, 0.15) is 5.56 Å².